The van der Waals surface area contributed by atoms with Gasteiger partial charge in [0.15, 0.2) is 5.82 Å². The number of hydrogen-bond donors (Lipinski definition) is 2. The highest BCUT2D eigenvalue weighted by Crippen LogP contribution is 2.31. The van der Waals surface area contributed by atoms with Crippen LogP contribution in [-0.2, 0) is 4.79 Å². The first-order valence-electron chi connectivity index (χ1n) is 7.16. The standard InChI is InChI=1S/C16H20N2O5/c1-10-8-15(18-23-10)17-16(20)7-6-13(19)12-5-4-11(21-2)9-14(12)22-3/h4-5,8-9,13,19H,6-7H2,1-3H3,(H,17,18,20). The van der Waals surface area contributed by atoms with E-state index in [0.29, 0.717) is 28.6 Å². The average molecular weight is 320 g/mol. The zero-order valence-electron chi connectivity index (χ0n) is 13.3. The number of benzene rings is 1. The summed E-state index contributed by atoms with van der Waals surface area (Å²) >= 11 is 0. The van der Waals surface area contributed by atoms with Crippen molar-refractivity contribution in [1.29, 1.82) is 0 Å². The summed E-state index contributed by atoms with van der Waals surface area (Å²) in [4.78, 5) is 11.9. The van der Waals surface area contributed by atoms with Crippen LogP contribution in [0.3, 0.4) is 0 Å². The molecule has 1 aromatic heterocycles. The molecule has 0 saturated carbocycles. The van der Waals surface area contributed by atoms with Crippen LogP contribution in [0.15, 0.2) is 28.8 Å². The minimum absolute atomic E-state index is 0.141. The monoisotopic (exact) mass is 320 g/mol. The van der Waals surface area contributed by atoms with Gasteiger partial charge in [0, 0.05) is 24.1 Å². The van der Waals surface area contributed by atoms with Crippen molar-refractivity contribution >= 4 is 11.7 Å². The zero-order chi connectivity index (χ0) is 16.8. The number of aryl methyl sites for hydroxylation is 1. The van der Waals surface area contributed by atoms with Crippen LogP contribution < -0.4 is 14.8 Å². The lowest BCUT2D eigenvalue weighted by atomic mass is 10.0. The van der Waals surface area contributed by atoms with Crippen molar-refractivity contribution in [2.45, 2.75) is 25.9 Å². The van der Waals surface area contributed by atoms with Gasteiger partial charge in [-0.1, -0.05) is 5.16 Å². The van der Waals surface area contributed by atoms with E-state index in [0.717, 1.165) is 0 Å². The minimum atomic E-state index is -0.819. The van der Waals surface area contributed by atoms with Gasteiger partial charge in [-0.3, -0.25) is 4.79 Å². The van der Waals surface area contributed by atoms with E-state index < -0.39 is 6.10 Å². The predicted molar refractivity (Wildman–Crippen MR) is 83.6 cm³/mol. The highest BCUT2D eigenvalue weighted by Gasteiger charge is 2.16. The number of hydrogen-bond acceptors (Lipinski definition) is 6. The number of aromatic nitrogens is 1. The van der Waals surface area contributed by atoms with Crippen molar-refractivity contribution in [3.8, 4) is 11.5 Å². The Morgan fingerprint density at radius 1 is 1.35 bits per heavy atom. The number of aliphatic hydroxyl groups excluding tert-OH is 1. The Balaban J connectivity index is 1.93. The molecule has 2 N–H and O–H groups in total. The van der Waals surface area contributed by atoms with Gasteiger partial charge in [0.1, 0.15) is 17.3 Å². The smallest absolute Gasteiger partial charge is 0.225 e. The molecule has 1 unspecified atom stereocenters. The molecule has 1 aromatic carbocycles. The first kappa shape index (κ1) is 16.8. The molecule has 1 atom stereocenters. The van der Waals surface area contributed by atoms with Crippen LogP contribution in [0.1, 0.15) is 30.3 Å². The number of rotatable bonds is 7. The van der Waals surface area contributed by atoms with Gasteiger partial charge in [-0.25, -0.2) is 0 Å². The van der Waals surface area contributed by atoms with Crippen LogP contribution in [0, 0.1) is 6.92 Å². The highest BCUT2D eigenvalue weighted by atomic mass is 16.5. The van der Waals surface area contributed by atoms with Gasteiger partial charge in [0.05, 0.1) is 20.3 Å². The normalized spacial score (nSPS) is 11.8. The molecule has 0 fully saturated rings. The summed E-state index contributed by atoms with van der Waals surface area (Å²) in [6.07, 6.45) is -0.422. The molecule has 23 heavy (non-hydrogen) atoms. The van der Waals surface area contributed by atoms with E-state index in [4.69, 9.17) is 14.0 Å². The second kappa shape index (κ2) is 7.64. The van der Waals surface area contributed by atoms with Crippen LogP contribution in [0.5, 0.6) is 11.5 Å². The van der Waals surface area contributed by atoms with Crippen LogP contribution >= 0.6 is 0 Å². The third-order valence-electron chi connectivity index (χ3n) is 3.34. The number of ether oxygens (including phenoxy) is 2. The Kier molecular flexibility index (Phi) is 5.59. The Morgan fingerprint density at radius 3 is 2.74 bits per heavy atom. The SMILES string of the molecule is COc1ccc(C(O)CCC(=O)Nc2cc(C)on2)c(OC)c1. The van der Waals surface area contributed by atoms with E-state index >= 15 is 0 Å². The quantitative estimate of drug-likeness (QED) is 0.814. The van der Waals surface area contributed by atoms with E-state index in [9.17, 15) is 9.90 Å². The van der Waals surface area contributed by atoms with Gasteiger partial charge in [0.25, 0.3) is 0 Å². The largest absolute Gasteiger partial charge is 0.497 e. The van der Waals surface area contributed by atoms with Crippen LogP contribution in [0.2, 0.25) is 0 Å². The summed E-state index contributed by atoms with van der Waals surface area (Å²) in [5.41, 5.74) is 0.610. The lowest BCUT2D eigenvalue weighted by Crippen LogP contribution is -2.13. The Hall–Kier alpha value is -2.54. The fraction of sp³-hybridized carbons (Fsp3) is 0.375. The molecule has 1 amide bonds. The van der Waals surface area contributed by atoms with Gasteiger partial charge in [0.2, 0.25) is 5.91 Å². The summed E-state index contributed by atoms with van der Waals surface area (Å²) in [6, 6.07) is 6.78. The van der Waals surface area contributed by atoms with Crippen molar-refractivity contribution in [2.24, 2.45) is 0 Å². The summed E-state index contributed by atoms with van der Waals surface area (Å²) < 4.78 is 15.2. The van der Waals surface area contributed by atoms with Crippen LogP contribution in [0.25, 0.3) is 0 Å². The Morgan fingerprint density at radius 2 is 2.13 bits per heavy atom. The lowest BCUT2D eigenvalue weighted by molar-refractivity contribution is -0.116. The van der Waals surface area contributed by atoms with Gasteiger partial charge in [-0.15, -0.1) is 0 Å². The second-order valence-corrected chi connectivity index (χ2v) is 5.03. The van der Waals surface area contributed by atoms with E-state index in [1.54, 1.807) is 38.3 Å². The lowest BCUT2D eigenvalue weighted by Gasteiger charge is -2.15. The van der Waals surface area contributed by atoms with Gasteiger partial charge in [-0.05, 0) is 25.5 Å². The fourth-order valence-electron chi connectivity index (χ4n) is 2.15. The van der Waals surface area contributed by atoms with Crippen LogP contribution in [-0.4, -0.2) is 30.4 Å². The van der Waals surface area contributed by atoms with Crippen molar-refractivity contribution in [2.75, 3.05) is 19.5 Å². The molecule has 0 radical (unpaired) electrons. The minimum Gasteiger partial charge on any atom is -0.497 e. The molecule has 0 aliphatic rings. The maximum absolute atomic E-state index is 11.9. The second-order valence-electron chi connectivity index (χ2n) is 5.03. The molecule has 7 heteroatoms. The number of carbonyl (C=O) groups is 1. The number of carbonyl (C=O) groups excluding carboxylic acids is 1. The molecule has 7 nitrogen and oxygen atoms in total. The molecule has 1 heterocycles. The highest BCUT2D eigenvalue weighted by molar-refractivity contribution is 5.89. The van der Waals surface area contributed by atoms with E-state index in [1.165, 1.54) is 7.11 Å². The summed E-state index contributed by atoms with van der Waals surface area (Å²) in [5.74, 6) is 1.89. The van der Waals surface area contributed by atoms with Gasteiger partial charge >= 0.3 is 0 Å². The summed E-state index contributed by atoms with van der Waals surface area (Å²) in [7, 11) is 3.07. The van der Waals surface area contributed by atoms with Crippen molar-refractivity contribution < 1.29 is 23.9 Å². The van der Waals surface area contributed by atoms with E-state index in [1.807, 2.05) is 0 Å². The maximum Gasteiger partial charge on any atom is 0.225 e. The Labute approximate surface area is 134 Å². The van der Waals surface area contributed by atoms with Crippen molar-refractivity contribution in [3.63, 3.8) is 0 Å². The molecule has 0 bridgehead atoms. The topological polar surface area (TPSA) is 93.8 Å². The zero-order valence-corrected chi connectivity index (χ0v) is 13.3. The Bertz CT molecular complexity index is 668. The van der Waals surface area contributed by atoms with Crippen molar-refractivity contribution in [1.82, 2.24) is 5.16 Å². The molecule has 0 saturated heterocycles. The summed E-state index contributed by atoms with van der Waals surface area (Å²) in [5, 5.41) is 16.6. The number of nitrogens with zero attached hydrogens (tertiary/aromatic N) is 1. The number of methoxy groups -OCH3 is 2. The molecule has 0 spiro atoms. The summed E-state index contributed by atoms with van der Waals surface area (Å²) in [6.45, 7) is 1.74. The number of nitrogens with one attached hydrogen (secondary N) is 1. The number of anilines is 1. The predicted octanol–water partition coefficient (Wildman–Crippen LogP) is 2.45. The first-order chi connectivity index (χ1) is 11.0. The fourth-order valence-corrected chi connectivity index (χ4v) is 2.15. The first-order valence-corrected chi connectivity index (χ1v) is 7.16. The average Bonchev–Trinajstić information content (AvgIpc) is 2.96. The number of amides is 1. The van der Waals surface area contributed by atoms with Crippen LogP contribution in [0.4, 0.5) is 5.82 Å². The molecule has 0 aliphatic heterocycles. The van der Waals surface area contributed by atoms with E-state index in [2.05, 4.69) is 10.5 Å². The third kappa shape index (κ3) is 4.46. The molecule has 2 aromatic rings. The molecule has 124 valence electrons. The molecular weight excluding hydrogens is 300 g/mol. The van der Waals surface area contributed by atoms with Crippen molar-refractivity contribution in [3.05, 3.63) is 35.6 Å². The molecular formula is C16H20N2O5. The molecule has 0 aliphatic carbocycles. The molecule has 2 rings (SSSR count). The van der Waals surface area contributed by atoms with Gasteiger partial charge < -0.3 is 24.4 Å². The van der Waals surface area contributed by atoms with E-state index in [-0.39, 0.29) is 18.7 Å². The third-order valence-corrected chi connectivity index (χ3v) is 3.34. The maximum atomic E-state index is 11.9. The number of aliphatic hydroxyl groups is 1. The van der Waals surface area contributed by atoms with Gasteiger partial charge in [-0.2, -0.15) is 0 Å².